The highest BCUT2D eigenvalue weighted by atomic mass is 16.5. The number of primary amides is 1. The number of azo groups is 1. The summed E-state index contributed by atoms with van der Waals surface area (Å²) < 4.78 is 3.99. The Bertz CT molecular complexity index is 152. The standard InChI is InChI=1S/C3H5N3O3/c1-9-3(8)6-5-2(4)7/h1H3,(H2,4,7). The normalized spacial score (nSPS) is 9.44. The van der Waals surface area contributed by atoms with E-state index in [4.69, 9.17) is 0 Å². The molecule has 0 atom stereocenters. The van der Waals surface area contributed by atoms with Crippen molar-refractivity contribution < 1.29 is 14.3 Å². The molecule has 50 valence electrons. The summed E-state index contributed by atoms with van der Waals surface area (Å²) in [6.45, 7) is 0. The molecule has 0 saturated heterocycles. The summed E-state index contributed by atoms with van der Waals surface area (Å²) in [5.74, 6) is 0. The van der Waals surface area contributed by atoms with E-state index in [-0.39, 0.29) is 0 Å². The van der Waals surface area contributed by atoms with Gasteiger partial charge in [-0.1, -0.05) is 10.2 Å². The fourth-order valence-corrected chi connectivity index (χ4v) is 0.131. The van der Waals surface area contributed by atoms with Crippen LogP contribution in [0.1, 0.15) is 0 Å². The van der Waals surface area contributed by atoms with Gasteiger partial charge in [-0.25, -0.2) is 9.59 Å². The Morgan fingerprint density at radius 2 is 2.00 bits per heavy atom. The van der Waals surface area contributed by atoms with Crippen molar-refractivity contribution in [2.45, 2.75) is 0 Å². The summed E-state index contributed by atoms with van der Waals surface area (Å²) in [6.07, 6.45) is -0.950. The molecule has 0 heterocycles. The van der Waals surface area contributed by atoms with Gasteiger partial charge in [-0.3, -0.25) is 0 Å². The van der Waals surface area contributed by atoms with E-state index in [1.54, 1.807) is 0 Å². The van der Waals surface area contributed by atoms with Crippen LogP contribution in [-0.2, 0) is 4.74 Å². The van der Waals surface area contributed by atoms with Gasteiger partial charge in [0.25, 0.3) is 0 Å². The highest BCUT2D eigenvalue weighted by Gasteiger charge is 1.93. The number of amides is 3. The minimum absolute atomic E-state index is 0.950. The Hall–Kier alpha value is -1.46. The average molecular weight is 131 g/mol. The van der Waals surface area contributed by atoms with Gasteiger partial charge in [0.15, 0.2) is 0 Å². The van der Waals surface area contributed by atoms with Crippen LogP contribution in [0.25, 0.3) is 0 Å². The number of hydrogen-bond donors (Lipinski definition) is 1. The van der Waals surface area contributed by atoms with Crippen molar-refractivity contribution in [3.63, 3.8) is 0 Å². The van der Waals surface area contributed by atoms with E-state index in [0.29, 0.717) is 0 Å². The number of nitrogens with two attached hydrogens (primary N) is 1. The van der Waals surface area contributed by atoms with Crippen LogP contribution in [0, 0.1) is 0 Å². The molecule has 0 aromatic rings. The lowest BCUT2D eigenvalue weighted by atomic mass is 11.1. The molecule has 6 heteroatoms. The molecule has 0 unspecified atom stereocenters. The first-order valence-corrected chi connectivity index (χ1v) is 1.96. The molecule has 0 aliphatic rings. The van der Waals surface area contributed by atoms with E-state index < -0.39 is 12.1 Å². The second-order valence-electron chi connectivity index (χ2n) is 1.01. The lowest BCUT2D eigenvalue weighted by molar-refractivity contribution is 0.180. The van der Waals surface area contributed by atoms with Gasteiger partial charge in [0, 0.05) is 0 Å². The average Bonchev–Trinajstić information content (AvgIpc) is 1.83. The van der Waals surface area contributed by atoms with Gasteiger partial charge >= 0.3 is 12.1 Å². The molecule has 3 amide bonds. The minimum atomic E-state index is -1.03. The number of ether oxygens (including phenoxy) is 1. The zero-order valence-electron chi connectivity index (χ0n) is 4.70. The molecule has 0 aromatic carbocycles. The Balaban J connectivity index is 3.71. The first-order valence-electron chi connectivity index (χ1n) is 1.96. The summed E-state index contributed by atoms with van der Waals surface area (Å²) in [4.78, 5) is 19.8. The third-order valence-electron chi connectivity index (χ3n) is 0.405. The van der Waals surface area contributed by atoms with Gasteiger partial charge in [-0.15, -0.1) is 0 Å². The topological polar surface area (TPSA) is 94.1 Å². The predicted octanol–water partition coefficient (Wildman–Crippen LogP) is 0.284. The van der Waals surface area contributed by atoms with E-state index in [1.165, 1.54) is 0 Å². The Kier molecular flexibility index (Phi) is 2.96. The van der Waals surface area contributed by atoms with Crippen molar-refractivity contribution in [3.8, 4) is 0 Å². The van der Waals surface area contributed by atoms with Crippen LogP contribution in [0.2, 0.25) is 0 Å². The Morgan fingerprint density at radius 1 is 1.44 bits per heavy atom. The van der Waals surface area contributed by atoms with Crippen LogP contribution in [0.5, 0.6) is 0 Å². The van der Waals surface area contributed by atoms with Gasteiger partial charge < -0.3 is 10.5 Å². The third-order valence-corrected chi connectivity index (χ3v) is 0.405. The van der Waals surface area contributed by atoms with Crippen molar-refractivity contribution in [2.75, 3.05) is 7.11 Å². The number of nitrogens with zero attached hydrogens (tertiary/aromatic N) is 2. The maximum Gasteiger partial charge on any atom is 0.452 e. The van der Waals surface area contributed by atoms with E-state index in [1.807, 2.05) is 0 Å². The van der Waals surface area contributed by atoms with Crippen LogP contribution in [0.3, 0.4) is 0 Å². The summed E-state index contributed by atoms with van der Waals surface area (Å²) >= 11 is 0. The van der Waals surface area contributed by atoms with Crippen LogP contribution < -0.4 is 5.73 Å². The number of hydrogen-bond acceptors (Lipinski definition) is 3. The zero-order chi connectivity index (χ0) is 7.28. The lowest BCUT2D eigenvalue weighted by Crippen LogP contribution is -2.03. The number of urea groups is 1. The number of methoxy groups -OCH3 is 1. The van der Waals surface area contributed by atoms with Gasteiger partial charge in [0.05, 0.1) is 7.11 Å². The number of carbonyl (C=O) groups is 2. The fourth-order valence-electron chi connectivity index (χ4n) is 0.131. The highest BCUT2D eigenvalue weighted by Crippen LogP contribution is 1.80. The van der Waals surface area contributed by atoms with Crippen molar-refractivity contribution in [2.24, 2.45) is 16.0 Å². The molecule has 9 heavy (non-hydrogen) atoms. The summed E-state index contributed by atoms with van der Waals surface area (Å²) in [7, 11) is 1.11. The van der Waals surface area contributed by atoms with Gasteiger partial charge in [-0.2, -0.15) is 0 Å². The fraction of sp³-hybridized carbons (Fsp3) is 0.333. The van der Waals surface area contributed by atoms with E-state index >= 15 is 0 Å². The summed E-state index contributed by atoms with van der Waals surface area (Å²) in [5.41, 5.74) is 4.49. The van der Waals surface area contributed by atoms with Crippen molar-refractivity contribution in [3.05, 3.63) is 0 Å². The molecule has 0 radical (unpaired) electrons. The largest absolute Gasteiger partial charge is 0.452 e. The molecular weight excluding hydrogens is 126 g/mol. The van der Waals surface area contributed by atoms with Crippen LogP contribution >= 0.6 is 0 Å². The summed E-state index contributed by atoms with van der Waals surface area (Å²) in [5, 5.41) is 5.42. The van der Waals surface area contributed by atoms with Gasteiger partial charge in [0.1, 0.15) is 0 Å². The molecular formula is C3H5N3O3. The highest BCUT2D eigenvalue weighted by molar-refractivity contribution is 5.75. The quantitative estimate of drug-likeness (QED) is 0.478. The first-order chi connectivity index (χ1) is 4.16. The molecule has 6 nitrogen and oxygen atoms in total. The second-order valence-corrected chi connectivity index (χ2v) is 1.01. The first kappa shape index (κ1) is 7.54. The summed E-state index contributed by atoms with van der Waals surface area (Å²) in [6, 6.07) is -1.03. The molecule has 0 aromatic heterocycles. The predicted molar refractivity (Wildman–Crippen MR) is 26.8 cm³/mol. The number of carbonyl (C=O) groups excluding carboxylic acids is 2. The van der Waals surface area contributed by atoms with E-state index in [9.17, 15) is 9.59 Å². The third kappa shape index (κ3) is 4.39. The minimum Gasteiger partial charge on any atom is -0.450 e. The Morgan fingerprint density at radius 3 is 2.33 bits per heavy atom. The second kappa shape index (κ2) is 3.53. The van der Waals surface area contributed by atoms with E-state index in [0.717, 1.165) is 7.11 Å². The lowest BCUT2D eigenvalue weighted by Gasteiger charge is -1.83. The van der Waals surface area contributed by atoms with Gasteiger partial charge in [0.2, 0.25) is 0 Å². The maximum atomic E-state index is 10.0. The monoisotopic (exact) mass is 131 g/mol. The molecule has 0 fully saturated rings. The molecule has 0 spiro atoms. The van der Waals surface area contributed by atoms with Crippen molar-refractivity contribution in [1.29, 1.82) is 0 Å². The smallest absolute Gasteiger partial charge is 0.450 e. The maximum absolute atomic E-state index is 10.0. The molecule has 0 rings (SSSR count). The molecule has 0 aliphatic heterocycles. The molecule has 0 aliphatic carbocycles. The Labute approximate surface area is 50.7 Å². The molecule has 0 saturated carbocycles. The van der Waals surface area contributed by atoms with Crippen LogP contribution in [-0.4, -0.2) is 19.2 Å². The van der Waals surface area contributed by atoms with Crippen molar-refractivity contribution >= 4 is 12.1 Å². The number of rotatable bonds is 0. The molecule has 2 N–H and O–H groups in total. The zero-order valence-corrected chi connectivity index (χ0v) is 4.70. The van der Waals surface area contributed by atoms with Crippen LogP contribution in [0.4, 0.5) is 9.59 Å². The van der Waals surface area contributed by atoms with Crippen LogP contribution in [0.15, 0.2) is 10.2 Å². The van der Waals surface area contributed by atoms with Gasteiger partial charge in [-0.05, 0) is 0 Å². The van der Waals surface area contributed by atoms with Crippen molar-refractivity contribution in [1.82, 2.24) is 0 Å². The van der Waals surface area contributed by atoms with E-state index in [2.05, 4.69) is 20.7 Å². The molecule has 0 bridgehead atoms. The SMILES string of the molecule is COC(=O)N=NC(N)=O.